The second-order valence-electron chi connectivity index (χ2n) is 18.3. The lowest BCUT2D eigenvalue weighted by molar-refractivity contribution is -0.151. The van der Waals surface area contributed by atoms with Gasteiger partial charge >= 0.3 is 5.97 Å². The van der Waals surface area contributed by atoms with E-state index in [1.807, 2.05) is 0 Å². The number of hydrogen-bond donors (Lipinski definition) is 0. The number of fused-ring (bicyclic) bond motifs is 5. The lowest BCUT2D eigenvalue weighted by Crippen LogP contribution is -2.51. The fraction of sp³-hybridized carbons (Fsp3) is 0.891. The maximum atomic E-state index is 12.8. The molecule has 0 aromatic heterocycles. The Bertz CT molecular complexity index is 1010. The van der Waals surface area contributed by atoms with E-state index in [9.17, 15) is 4.79 Å². The summed E-state index contributed by atoms with van der Waals surface area (Å²) in [7, 11) is 0. The van der Waals surface area contributed by atoms with Crippen LogP contribution in [0.25, 0.3) is 0 Å². The maximum absolute atomic E-state index is 12.8. The Morgan fingerprint density at radius 1 is 0.833 bits per heavy atom. The van der Waals surface area contributed by atoms with Crippen molar-refractivity contribution in [1.29, 1.82) is 0 Å². The Labute approximate surface area is 299 Å². The van der Waals surface area contributed by atoms with Gasteiger partial charge in [-0.15, -0.1) is 0 Å². The monoisotopic (exact) mass is 665 g/mol. The molecule has 0 N–H and O–H groups in total. The molecule has 0 radical (unpaired) electrons. The molecule has 9 unspecified atom stereocenters. The average Bonchev–Trinajstić information content (AvgIpc) is 3.42. The minimum atomic E-state index is 0.0468. The molecule has 0 amide bonds. The molecule has 0 aliphatic heterocycles. The molecule has 9 atom stereocenters. The van der Waals surface area contributed by atoms with Gasteiger partial charge in [-0.1, -0.05) is 130 Å². The molecule has 0 heterocycles. The van der Waals surface area contributed by atoms with E-state index in [2.05, 4.69) is 66.7 Å². The van der Waals surface area contributed by atoms with Crippen molar-refractivity contribution in [1.82, 2.24) is 0 Å². The molecule has 4 rings (SSSR count). The van der Waals surface area contributed by atoms with Gasteiger partial charge in [-0.3, -0.25) is 4.79 Å². The van der Waals surface area contributed by atoms with Crippen molar-refractivity contribution >= 4 is 5.97 Å². The Balaban J connectivity index is 1.16. The molecule has 0 saturated heterocycles. The van der Waals surface area contributed by atoms with Gasteiger partial charge in [-0.05, 0) is 136 Å². The topological polar surface area (TPSA) is 26.3 Å². The van der Waals surface area contributed by atoms with Crippen molar-refractivity contribution in [2.45, 2.75) is 209 Å². The minimum Gasteiger partial charge on any atom is -0.462 e. The van der Waals surface area contributed by atoms with Crippen LogP contribution in [0.15, 0.2) is 23.8 Å². The Morgan fingerprint density at radius 2 is 1.52 bits per heavy atom. The van der Waals surface area contributed by atoms with E-state index in [0.29, 0.717) is 17.3 Å². The number of carbonyl (C=O) groups excluding carboxylic acids is 1. The lowest BCUT2D eigenvalue weighted by Gasteiger charge is -2.58. The third-order valence-corrected chi connectivity index (χ3v) is 15.0. The van der Waals surface area contributed by atoms with Crippen molar-refractivity contribution in [2.75, 3.05) is 0 Å². The summed E-state index contributed by atoms with van der Waals surface area (Å²) in [5, 5.41) is 0. The van der Waals surface area contributed by atoms with Gasteiger partial charge in [0.25, 0.3) is 0 Å². The summed E-state index contributed by atoms with van der Waals surface area (Å²) in [4.78, 5) is 12.8. The number of esters is 1. The van der Waals surface area contributed by atoms with E-state index in [0.717, 1.165) is 73.5 Å². The summed E-state index contributed by atoms with van der Waals surface area (Å²) in [6, 6.07) is 0. The van der Waals surface area contributed by atoms with Crippen molar-refractivity contribution < 1.29 is 9.53 Å². The van der Waals surface area contributed by atoms with Crippen LogP contribution in [-0.4, -0.2) is 12.1 Å². The zero-order valence-corrected chi connectivity index (χ0v) is 33.1. The van der Waals surface area contributed by atoms with Crippen LogP contribution in [-0.2, 0) is 9.53 Å². The molecule has 4 aliphatic rings. The molecule has 4 aliphatic carbocycles. The van der Waals surface area contributed by atoms with Crippen LogP contribution in [0.3, 0.4) is 0 Å². The fourth-order valence-electron chi connectivity index (χ4n) is 11.8. The van der Waals surface area contributed by atoms with Crippen LogP contribution in [0.1, 0.15) is 203 Å². The molecular formula is C46H80O2. The summed E-state index contributed by atoms with van der Waals surface area (Å²) >= 11 is 0. The summed E-state index contributed by atoms with van der Waals surface area (Å²) in [6.07, 6.45) is 37.9. The Hall–Kier alpha value is -1.05. The standard InChI is InChI=1S/C46H80O2/c1-8-10-11-12-13-14-15-16-17-18-19-20-21-22-23-44(47)48-39-30-32-45(6)38(34-39)26-27-40-42-29-28-41(46(42,7)33-31-43(40)45)36(5)24-25-37(9-2)35(3)4/h17-18,26,35-37,39-43H,8-16,19-25,27-34H2,1-7H3/b18-17-. The second kappa shape index (κ2) is 19.5. The number of unbranched alkanes of at least 4 members (excludes halogenated alkanes) is 10. The van der Waals surface area contributed by atoms with Crippen molar-refractivity contribution in [2.24, 2.45) is 52.3 Å². The smallest absolute Gasteiger partial charge is 0.306 e. The normalized spacial score (nSPS) is 32.8. The molecule has 0 bridgehead atoms. The van der Waals surface area contributed by atoms with Crippen molar-refractivity contribution in [3.63, 3.8) is 0 Å². The zero-order chi connectivity index (χ0) is 34.6. The summed E-state index contributed by atoms with van der Waals surface area (Å²) < 4.78 is 6.13. The van der Waals surface area contributed by atoms with Gasteiger partial charge < -0.3 is 4.74 Å². The van der Waals surface area contributed by atoms with Crippen LogP contribution in [0.5, 0.6) is 0 Å². The van der Waals surface area contributed by atoms with Gasteiger partial charge in [0, 0.05) is 12.8 Å². The van der Waals surface area contributed by atoms with Crippen LogP contribution in [0, 0.1) is 52.3 Å². The largest absolute Gasteiger partial charge is 0.462 e. The highest BCUT2D eigenvalue weighted by Gasteiger charge is 2.59. The summed E-state index contributed by atoms with van der Waals surface area (Å²) in [5.41, 5.74) is 2.50. The molecule has 0 aromatic carbocycles. The van der Waals surface area contributed by atoms with E-state index >= 15 is 0 Å². The van der Waals surface area contributed by atoms with Crippen LogP contribution < -0.4 is 0 Å². The predicted octanol–water partition coefficient (Wildman–Crippen LogP) is 14.2. The molecular weight excluding hydrogens is 585 g/mol. The molecule has 2 nitrogen and oxygen atoms in total. The first-order valence-corrected chi connectivity index (χ1v) is 21.7. The van der Waals surface area contributed by atoms with E-state index in [1.54, 1.807) is 5.57 Å². The molecule has 48 heavy (non-hydrogen) atoms. The average molecular weight is 665 g/mol. The van der Waals surface area contributed by atoms with Crippen LogP contribution in [0.4, 0.5) is 0 Å². The van der Waals surface area contributed by atoms with Gasteiger partial charge in [0.2, 0.25) is 0 Å². The Kier molecular flexibility index (Phi) is 16.2. The molecule has 2 heteroatoms. The molecule has 276 valence electrons. The van der Waals surface area contributed by atoms with Gasteiger partial charge in [-0.25, -0.2) is 0 Å². The highest BCUT2D eigenvalue weighted by atomic mass is 16.5. The third kappa shape index (κ3) is 10.3. The first-order valence-electron chi connectivity index (χ1n) is 21.7. The molecule has 0 spiro atoms. The first kappa shape index (κ1) is 39.7. The van der Waals surface area contributed by atoms with Crippen molar-refractivity contribution in [3.8, 4) is 0 Å². The predicted molar refractivity (Wildman–Crippen MR) is 207 cm³/mol. The Morgan fingerprint density at radius 3 is 2.21 bits per heavy atom. The molecule has 0 aromatic rings. The third-order valence-electron chi connectivity index (χ3n) is 15.0. The number of carbonyl (C=O) groups is 1. The van der Waals surface area contributed by atoms with Gasteiger partial charge in [0.15, 0.2) is 0 Å². The SMILES string of the molecule is CCCCCCCCC/C=C\CCCCCC(=O)OC1CCC2(C)C(=CCC3C2CCC2(C)C(C(C)CCC(CC)C(C)C)CCC32)C1. The van der Waals surface area contributed by atoms with Crippen LogP contribution in [0.2, 0.25) is 0 Å². The van der Waals surface area contributed by atoms with Crippen molar-refractivity contribution in [3.05, 3.63) is 23.8 Å². The second-order valence-corrected chi connectivity index (χ2v) is 18.3. The van der Waals surface area contributed by atoms with Gasteiger partial charge in [0.1, 0.15) is 6.10 Å². The number of hydrogen-bond acceptors (Lipinski definition) is 2. The van der Waals surface area contributed by atoms with E-state index in [1.165, 1.54) is 116 Å². The van der Waals surface area contributed by atoms with Gasteiger partial charge in [0.05, 0.1) is 0 Å². The van der Waals surface area contributed by atoms with Gasteiger partial charge in [-0.2, -0.15) is 0 Å². The number of rotatable bonds is 21. The summed E-state index contributed by atoms with van der Waals surface area (Å²) in [6.45, 7) is 17.5. The van der Waals surface area contributed by atoms with E-state index < -0.39 is 0 Å². The fourth-order valence-corrected chi connectivity index (χ4v) is 11.8. The number of allylic oxidation sites excluding steroid dienone is 3. The highest BCUT2D eigenvalue weighted by molar-refractivity contribution is 5.69. The first-order chi connectivity index (χ1) is 23.1. The summed E-state index contributed by atoms with van der Waals surface area (Å²) in [5.74, 6) is 6.13. The number of ether oxygens (including phenoxy) is 1. The minimum absolute atomic E-state index is 0.0468. The quantitative estimate of drug-likeness (QED) is 0.0693. The molecule has 3 saturated carbocycles. The van der Waals surface area contributed by atoms with E-state index in [-0.39, 0.29) is 12.1 Å². The van der Waals surface area contributed by atoms with E-state index in [4.69, 9.17) is 4.74 Å². The van der Waals surface area contributed by atoms with Crippen LogP contribution >= 0.6 is 0 Å². The lowest BCUT2D eigenvalue weighted by atomic mass is 9.47. The highest BCUT2D eigenvalue weighted by Crippen LogP contribution is 2.67. The zero-order valence-electron chi connectivity index (χ0n) is 33.1. The maximum Gasteiger partial charge on any atom is 0.306 e. The molecule has 3 fully saturated rings.